The molecule has 1 unspecified atom stereocenters. The maximum Gasteiger partial charge on any atom is 0.343 e. The van der Waals surface area contributed by atoms with Gasteiger partial charge in [-0.25, -0.2) is 4.79 Å². The van der Waals surface area contributed by atoms with Crippen LogP contribution in [0.4, 0.5) is 0 Å². The Morgan fingerprint density at radius 3 is 2.49 bits per heavy atom. The fourth-order valence-electron chi connectivity index (χ4n) is 5.02. The van der Waals surface area contributed by atoms with Gasteiger partial charge >= 0.3 is 5.97 Å². The van der Waals surface area contributed by atoms with Gasteiger partial charge in [0.1, 0.15) is 5.56 Å². The molecule has 5 rings (SSSR count). The van der Waals surface area contributed by atoms with Crippen molar-refractivity contribution in [3.8, 4) is 16.2 Å². The molecule has 0 N–H and O–H groups in total. The summed E-state index contributed by atoms with van der Waals surface area (Å²) >= 11 is 1.80. The summed E-state index contributed by atoms with van der Waals surface area (Å²) < 4.78 is 19.8. The normalized spacial score (nSPS) is 18.1. The van der Waals surface area contributed by atoms with Gasteiger partial charge in [0.05, 0.1) is 31.2 Å². The van der Waals surface area contributed by atoms with Crippen LogP contribution in [-0.2, 0) is 15.6 Å². The molecule has 1 aromatic carbocycles. The van der Waals surface area contributed by atoms with Gasteiger partial charge in [0.15, 0.2) is 14.1 Å². The van der Waals surface area contributed by atoms with E-state index in [1.54, 1.807) is 24.6 Å². The molecule has 37 heavy (non-hydrogen) atoms. The number of ether oxygens (including phenoxy) is 2. The van der Waals surface area contributed by atoms with Crippen molar-refractivity contribution in [3.63, 3.8) is 0 Å². The van der Waals surface area contributed by atoms with Crippen LogP contribution in [-0.4, -0.2) is 33.1 Å². The number of hydrogen-bond donors (Lipinski definition) is 0. The summed E-state index contributed by atoms with van der Waals surface area (Å²) in [5, 5.41) is 0.636. The van der Waals surface area contributed by atoms with Crippen LogP contribution >= 0.6 is 11.3 Å². The highest BCUT2D eigenvalue weighted by atomic mass is 32.1. The number of thiophene rings is 1. The predicted octanol–water partition coefficient (Wildman–Crippen LogP) is 7.26. The molecule has 8 heteroatoms. The highest BCUT2D eigenvalue weighted by Gasteiger charge is 2.40. The molecule has 0 spiro atoms. The first-order valence-corrected chi connectivity index (χ1v) is 16.8. The van der Waals surface area contributed by atoms with Crippen molar-refractivity contribution >= 4 is 36.5 Å². The zero-order valence-corrected chi connectivity index (χ0v) is 24.7. The monoisotopic (exact) mass is 539 g/mol. The molecule has 0 radical (unpaired) electrons. The largest absolute Gasteiger partial charge is 0.494 e. The first-order valence-electron chi connectivity index (χ1n) is 13.1. The van der Waals surface area contributed by atoms with Gasteiger partial charge in [-0.2, -0.15) is 0 Å². The third-order valence-corrected chi connectivity index (χ3v) is 14.0. The molecule has 2 aliphatic carbocycles. The molecule has 6 nitrogen and oxygen atoms in total. The standard InChI is InChI=1S/C29H37NO5SSi/c1-29(2,3)37(6,7)35-22-9-8-10-23-20(22)15-24(36-23)18-13-14-19-25(27(18)33-4)30(17-11-12-17)16-21(26(19)31)28(32)34-5/h13-17,22H,8-12H2,1-7H3. The molecule has 1 atom stereocenters. The Morgan fingerprint density at radius 1 is 1.14 bits per heavy atom. The van der Waals surface area contributed by atoms with Crippen molar-refractivity contribution in [3.05, 3.63) is 50.6 Å². The van der Waals surface area contributed by atoms with Crippen molar-refractivity contribution in [1.29, 1.82) is 0 Å². The number of rotatable bonds is 6. The predicted molar refractivity (Wildman–Crippen MR) is 152 cm³/mol. The molecular weight excluding hydrogens is 502 g/mol. The van der Waals surface area contributed by atoms with E-state index in [9.17, 15) is 9.59 Å². The average Bonchev–Trinajstić information content (AvgIpc) is 3.60. The molecule has 2 aromatic heterocycles. The second kappa shape index (κ2) is 9.40. The van der Waals surface area contributed by atoms with Crippen LogP contribution in [0.25, 0.3) is 21.3 Å². The van der Waals surface area contributed by atoms with Crippen molar-refractivity contribution in [2.45, 2.75) is 83.2 Å². The Morgan fingerprint density at radius 2 is 1.86 bits per heavy atom. The second-order valence-electron chi connectivity index (χ2n) is 11.8. The lowest BCUT2D eigenvalue weighted by Crippen LogP contribution is -2.42. The number of esters is 1. The maximum atomic E-state index is 13.3. The van der Waals surface area contributed by atoms with Gasteiger partial charge in [0.2, 0.25) is 5.43 Å². The highest BCUT2D eigenvalue weighted by Crippen LogP contribution is 2.49. The minimum Gasteiger partial charge on any atom is -0.494 e. The van der Waals surface area contributed by atoms with E-state index in [0.717, 1.165) is 48.1 Å². The smallest absolute Gasteiger partial charge is 0.343 e. The summed E-state index contributed by atoms with van der Waals surface area (Å²) in [6.07, 6.45) is 7.01. The van der Waals surface area contributed by atoms with Gasteiger partial charge in [-0.15, -0.1) is 11.3 Å². The molecule has 3 aromatic rings. The third-order valence-electron chi connectivity index (χ3n) is 8.26. The Bertz CT molecular complexity index is 1430. The number of hydrogen-bond acceptors (Lipinski definition) is 6. The van der Waals surface area contributed by atoms with Crippen LogP contribution in [0.15, 0.2) is 29.2 Å². The number of fused-ring (bicyclic) bond motifs is 2. The lowest BCUT2D eigenvalue weighted by Gasteiger charge is -2.40. The molecule has 0 saturated heterocycles. The summed E-state index contributed by atoms with van der Waals surface area (Å²) in [4.78, 5) is 28.1. The van der Waals surface area contributed by atoms with E-state index < -0.39 is 14.3 Å². The molecule has 1 fully saturated rings. The van der Waals surface area contributed by atoms with E-state index in [0.29, 0.717) is 11.1 Å². The van der Waals surface area contributed by atoms with Gasteiger partial charge < -0.3 is 18.5 Å². The first-order chi connectivity index (χ1) is 17.5. The number of aryl methyl sites for hydroxylation is 1. The van der Waals surface area contributed by atoms with Gasteiger partial charge in [0, 0.05) is 27.6 Å². The lowest BCUT2D eigenvalue weighted by atomic mass is 9.95. The number of pyridine rings is 1. The fraction of sp³-hybridized carbons (Fsp3) is 0.517. The lowest BCUT2D eigenvalue weighted by molar-refractivity contribution is 0.0598. The van der Waals surface area contributed by atoms with E-state index in [1.165, 1.54) is 17.6 Å². The summed E-state index contributed by atoms with van der Waals surface area (Å²) in [5.74, 6) is 0.0708. The van der Waals surface area contributed by atoms with Crippen LogP contribution in [0, 0.1) is 0 Å². The minimum atomic E-state index is -1.92. The quantitative estimate of drug-likeness (QED) is 0.244. The van der Waals surface area contributed by atoms with Gasteiger partial charge in [-0.05, 0) is 74.0 Å². The zero-order chi connectivity index (χ0) is 26.7. The minimum absolute atomic E-state index is 0.0638. The number of benzene rings is 1. The van der Waals surface area contributed by atoms with Crippen LogP contribution in [0.1, 0.15) is 79.4 Å². The SMILES string of the molecule is COC(=O)c1cn(C2CC2)c2c(OC)c(-c3cc4c(s3)CCCC4O[Si](C)(C)C(C)(C)C)ccc2c1=O. The van der Waals surface area contributed by atoms with E-state index in [1.807, 2.05) is 16.7 Å². The number of methoxy groups -OCH3 is 2. The first kappa shape index (κ1) is 26.2. The van der Waals surface area contributed by atoms with E-state index in [-0.39, 0.29) is 28.2 Å². The van der Waals surface area contributed by atoms with E-state index in [4.69, 9.17) is 13.9 Å². The van der Waals surface area contributed by atoms with Crippen LogP contribution < -0.4 is 10.2 Å². The molecule has 1 saturated carbocycles. The van der Waals surface area contributed by atoms with Crippen molar-refractivity contribution in [1.82, 2.24) is 4.57 Å². The second-order valence-corrected chi connectivity index (χ2v) is 17.7. The summed E-state index contributed by atoms with van der Waals surface area (Å²) in [7, 11) is 1.04. The number of nitrogens with zero attached hydrogens (tertiary/aromatic N) is 1. The van der Waals surface area contributed by atoms with Crippen molar-refractivity contribution in [2.75, 3.05) is 14.2 Å². The summed E-state index contributed by atoms with van der Waals surface area (Å²) in [6, 6.07) is 6.32. The Kier molecular flexibility index (Phi) is 6.65. The van der Waals surface area contributed by atoms with E-state index in [2.05, 4.69) is 39.9 Å². The van der Waals surface area contributed by atoms with E-state index >= 15 is 0 Å². The Balaban J connectivity index is 1.64. The van der Waals surface area contributed by atoms with Crippen LogP contribution in [0.5, 0.6) is 5.75 Å². The molecule has 2 aliphatic rings. The zero-order valence-electron chi connectivity index (χ0n) is 22.9. The topological polar surface area (TPSA) is 66.8 Å². The van der Waals surface area contributed by atoms with Gasteiger partial charge in [0.25, 0.3) is 0 Å². The number of aromatic nitrogens is 1. The van der Waals surface area contributed by atoms with Crippen molar-refractivity contribution in [2.24, 2.45) is 0 Å². The highest BCUT2D eigenvalue weighted by molar-refractivity contribution is 7.15. The molecule has 198 valence electrons. The van der Waals surface area contributed by atoms with Gasteiger partial charge in [-0.1, -0.05) is 20.8 Å². The molecular formula is C29H37NO5SSi. The average molecular weight is 540 g/mol. The summed E-state index contributed by atoms with van der Waals surface area (Å²) in [5.41, 5.74) is 2.77. The van der Waals surface area contributed by atoms with Crippen LogP contribution in [0.3, 0.4) is 0 Å². The molecule has 2 heterocycles. The summed E-state index contributed by atoms with van der Waals surface area (Å²) in [6.45, 7) is 11.5. The Hall–Kier alpha value is -2.42. The third kappa shape index (κ3) is 4.57. The Labute approximate surface area is 223 Å². The van der Waals surface area contributed by atoms with Gasteiger partial charge in [-0.3, -0.25) is 4.79 Å². The number of carbonyl (C=O) groups excluding carboxylic acids is 1. The fourth-order valence-corrected chi connectivity index (χ4v) is 7.60. The molecule has 0 bridgehead atoms. The van der Waals surface area contributed by atoms with Crippen molar-refractivity contribution < 1.29 is 18.7 Å². The maximum absolute atomic E-state index is 13.3. The van der Waals surface area contributed by atoms with Crippen LogP contribution in [0.2, 0.25) is 18.1 Å². The molecule has 0 aliphatic heterocycles. The molecule has 0 amide bonds. The number of carbonyl (C=O) groups is 1.